The summed E-state index contributed by atoms with van der Waals surface area (Å²) in [6, 6.07) is 7.62. The SMILES string of the molecule is CCc1ccccc1NC(=O)CSC(CC)C(=O)O. The Morgan fingerprint density at radius 2 is 2.00 bits per heavy atom. The van der Waals surface area contributed by atoms with Gasteiger partial charge in [0.1, 0.15) is 5.25 Å². The minimum absolute atomic E-state index is 0.156. The second kappa shape index (κ2) is 7.84. The number of thioether (sulfide) groups is 1. The second-order valence-electron chi connectivity index (χ2n) is 4.11. The molecule has 1 amide bonds. The van der Waals surface area contributed by atoms with E-state index in [2.05, 4.69) is 5.32 Å². The molecule has 0 aliphatic heterocycles. The van der Waals surface area contributed by atoms with Gasteiger partial charge in [-0.05, 0) is 24.5 Å². The van der Waals surface area contributed by atoms with Crippen molar-refractivity contribution in [1.29, 1.82) is 0 Å². The van der Waals surface area contributed by atoms with Crippen LogP contribution in [0.5, 0.6) is 0 Å². The fourth-order valence-electron chi connectivity index (χ4n) is 1.68. The lowest BCUT2D eigenvalue weighted by atomic mass is 10.1. The molecular formula is C14H19NO3S. The maximum atomic E-state index is 11.8. The lowest BCUT2D eigenvalue weighted by Gasteiger charge is -2.11. The number of hydrogen-bond donors (Lipinski definition) is 2. The van der Waals surface area contributed by atoms with Gasteiger partial charge in [-0.1, -0.05) is 32.0 Å². The minimum Gasteiger partial charge on any atom is -0.480 e. The predicted octanol–water partition coefficient (Wildman–Crippen LogP) is 2.78. The Labute approximate surface area is 117 Å². The average molecular weight is 281 g/mol. The Morgan fingerprint density at radius 3 is 2.58 bits per heavy atom. The molecule has 19 heavy (non-hydrogen) atoms. The van der Waals surface area contributed by atoms with E-state index in [0.29, 0.717) is 6.42 Å². The van der Waals surface area contributed by atoms with Crippen LogP contribution in [0, 0.1) is 0 Å². The standard InChI is InChI=1S/C14H19NO3S/c1-3-10-7-5-6-8-11(10)15-13(16)9-19-12(4-2)14(17)18/h5-8,12H,3-4,9H2,1-2H3,(H,15,16)(H,17,18). The first kappa shape index (κ1) is 15.6. The summed E-state index contributed by atoms with van der Waals surface area (Å²) in [7, 11) is 0. The van der Waals surface area contributed by atoms with E-state index < -0.39 is 11.2 Å². The van der Waals surface area contributed by atoms with Gasteiger partial charge in [0, 0.05) is 5.69 Å². The van der Waals surface area contributed by atoms with Crippen LogP contribution in [0.4, 0.5) is 5.69 Å². The molecule has 0 saturated heterocycles. The second-order valence-corrected chi connectivity index (χ2v) is 5.30. The minimum atomic E-state index is -0.866. The van der Waals surface area contributed by atoms with Crippen LogP contribution in [0.3, 0.4) is 0 Å². The van der Waals surface area contributed by atoms with Crippen molar-refractivity contribution in [3.63, 3.8) is 0 Å². The number of para-hydroxylation sites is 1. The van der Waals surface area contributed by atoms with E-state index in [1.165, 1.54) is 0 Å². The van der Waals surface area contributed by atoms with E-state index in [1.54, 1.807) is 6.92 Å². The van der Waals surface area contributed by atoms with Crippen LogP contribution in [0.2, 0.25) is 0 Å². The lowest BCUT2D eigenvalue weighted by molar-refractivity contribution is -0.136. The molecule has 2 N–H and O–H groups in total. The Kier molecular flexibility index (Phi) is 6.42. The Hall–Kier alpha value is -1.49. The zero-order valence-corrected chi connectivity index (χ0v) is 12.0. The van der Waals surface area contributed by atoms with Crippen molar-refractivity contribution in [3.05, 3.63) is 29.8 Å². The first-order valence-electron chi connectivity index (χ1n) is 6.30. The molecule has 0 aromatic heterocycles. The third-order valence-electron chi connectivity index (χ3n) is 2.73. The van der Waals surface area contributed by atoms with Gasteiger partial charge in [-0.25, -0.2) is 0 Å². The van der Waals surface area contributed by atoms with Crippen molar-refractivity contribution < 1.29 is 14.7 Å². The van der Waals surface area contributed by atoms with E-state index in [-0.39, 0.29) is 11.7 Å². The molecule has 1 rings (SSSR count). The molecule has 1 aromatic rings. The van der Waals surface area contributed by atoms with E-state index in [4.69, 9.17) is 5.11 Å². The maximum Gasteiger partial charge on any atom is 0.316 e. The number of carbonyl (C=O) groups excluding carboxylic acids is 1. The van der Waals surface area contributed by atoms with E-state index in [1.807, 2.05) is 31.2 Å². The van der Waals surface area contributed by atoms with Crippen LogP contribution in [-0.4, -0.2) is 28.0 Å². The van der Waals surface area contributed by atoms with Crippen molar-refractivity contribution in [2.75, 3.05) is 11.1 Å². The molecule has 0 radical (unpaired) electrons. The molecule has 0 heterocycles. The largest absolute Gasteiger partial charge is 0.480 e. The Bertz CT molecular complexity index is 448. The summed E-state index contributed by atoms with van der Waals surface area (Å²) in [6.07, 6.45) is 1.36. The highest BCUT2D eigenvalue weighted by molar-refractivity contribution is 8.01. The lowest BCUT2D eigenvalue weighted by Crippen LogP contribution is -2.21. The van der Waals surface area contributed by atoms with Crippen molar-refractivity contribution in [1.82, 2.24) is 0 Å². The summed E-state index contributed by atoms with van der Waals surface area (Å²) >= 11 is 1.16. The van der Waals surface area contributed by atoms with Crippen molar-refractivity contribution in [2.45, 2.75) is 31.9 Å². The number of carbonyl (C=O) groups is 2. The molecule has 4 nitrogen and oxygen atoms in total. The van der Waals surface area contributed by atoms with Crippen LogP contribution in [0.25, 0.3) is 0 Å². The van der Waals surface area contributed by atoms with Crippen LogP contribution in [0.15, 0.2) is 24.3 Å². The van der Waals surface area contributed by atoms with E-state index >= 15 is 0 Å². The quantitative estimate of drug-likeness (QED) is 0.806. The number of hydrogen-bond acceptors (Lipinski definition) is 3. The summed E-state index contributed by atoms with van der Waals surface area (Å²) in [5.41, 5.74) is 1.88. The molecule has 0 aliphatic carbocycles. The molecule has 1 unspecified atom stereocenters. The number of anilines is 1. The Morgan fingerprint density at radius 1 is 1.32 bits per heavy atom. The van der Waals surface area contributed by atoms with Gasteiger partial charge in [0.05, 0.1) is 5.75 Å². The summed E-state index contributed by atoms with van der Waals surface area (Å²) in [5.74, 6) is -0.872. The average Bonchev–Trinajstić information content (AvgIpc) is 2.39. The summed E-state index contributed by atoms with van der Waals surface area (Å²) in [4.78, 5) is 22.6. The normalized spacial score (nSPS) is 11.9. The highest BCUT2D eigenvalue weighted by Crippen LogP contribution is 2.18. The molecule has 0 spiro atoms. The Balaban J connectivity index is 2.53. The van der Waals surface area contributed by atoms with Crippen molar-refractivity contribution in [3.8, 4) is 0 Å². The van der Waals surface area contributed by atoms with Crippen molar-refractivity contribution in [2.24, 2.45) is 0 Å². The van der Waals surface area contributed by atoms with Gasteiger partial charge in [0.2, 0.25) is 5.91 Å². The first-order valence-corrected chi connectivity index (χ1v) is 7.35. The third kappa shape index (κ3) is 4.95. The first-order chi connectivity index (χ1) is 9.08. The van der Waals surface area contributed by atoms with Gasteiger partial charge in [-0.15, -0.1) is 11.8 Å². The highest BCUT2D eigenvalue weighted by atomic mass is 32.2. The number of aliphatic carboxylic acids is 1. The molecule has 1 aromatic carbocycles. The maximum absolute atomic E-state index is 11.8. The van der Waals surface area contributed by atoms with E-state index in [0.717, 1.165) is 29.4 Å². The number of rotatable bonds is 7. The molecule has 0 fully saturated rings. The topological polar surface area (TPSA) is 66.4 Å². The van der Waals surface area contributed by atoms with Gasteiger partial charge in [-0.3, -0.25) is 9.59 Å². The molecule has 0 saturated carbocycles. The van der Waals surface area contributed by atoms with Crippen LogP contribution in [-0.2, 0) is 16.0 Å². The smallest absolute Gasteiger partial charge is 0.316 e. The van der Waals surface area contributed by atoms with Crippen LogP contribution in [0.1, 0.15) is 25.8 Å². The zero-order valence-electron chi connectivity index (χ0n) is 11.2. The molecule has 104 valence electrons. The number of aryl methyl sites for hydroxylation is 1. The number of carboxylic acids is 1. The van der Waals surface area contributed by atoms with Gasteiger partial charge < -0.3 is 10.4 Å². The predicted molar refractivity (Wildman–Crippen MR) is 78.6 cm³/mol. The molecule has 5 heteroatoms. The summed E-state index contributed by atoms with van der Waals surface area (Å²) in [6.45, 7) is 3.83. The zero-order chi connectivity index (χ0) is 14.3. The van der Waals surface area contributed by atoms with Gasteiger partial charge in [0.25, 0.3) is 0 Å². The van der Waals surface area contributed by atoms with Crippen molar-refractivity contribution >= 4 is 29.3 Å². The highest BCUT2D eigenvalue weighted by Gasteiger charge is 2.17. The fourth-order valence-corrected chi connectivity index (χ4v) is 2.48. The number of nitrogens with one attached hydrogen (secondary N) is 1. The van der Waals surface area contributed by atoms with Gasteiger partial charge >= 0.3 is 5.97 Å². The summed E-state index contributed by atoms with van der Waals surface area (Å²) in [5, 5.41) is 11.2. The molecular weight excluding hydrogens is 262 g/mol. The van der Waals surface area contributed by atoms with Gasteiger partial charge in [0.15, 0.2) is 0 Å². The van der Waals surface area contributed by atoms with Gasteiger partial charge in [-0.2, -0.15) is 0 Å². The fraction of sp³-hybridized carbons (Fsp3) is 0.429. The molecule has 1 atom stereocenters. The van der Waals surface area contributed by atoms with Crippen LogP contribution < -0.4 is 5.32 Å². The summed E-state index contributed by atoms with van der Waals surface area (Å²) < 4.78 is 0. The number of amides is 1. The van der Waals surface area contributed by atoms with E-state index in [9.17, 15) is 9.59 Å². The molecule has 0 aliphatic rings. The third-order valence-corrected chi connectivity index (χ3v) is 4.10. The monoisotopic (exact) mass is 281 g/mol. The number of carboxylic acid groups (broad SMARTS) is 1. The molecule has 0 bridgehead atoms. The van der Waals surface area contributed by atoms with Crippen LogP contribution >= 0.6 is 11.8 Å². The number of benzene rings is 1.